The first-order valence-corrected chi connectivity index (χ1v) is 5.23. The van der Waals surface area contributed by atoms with E-state index >= 15 is 0 Å². The van der Waals surface area contributed by atoms with Gasteiger partial charge in [0.15, 0.2) is 5.78 Å². The van der Waals surface area contributed by atoms with Gasteiger partial charge in [-0.25, -0.2) is 0 Å². The van der Waals surface area contributed by atoms with Crippen LogP contribution in [0.25, 0.3) is 0 Å². The lowest BCUT2D eigenvalue weighted by molar-refractivity contribution is -0.150. The predicted molar refractivity (Wildman–Crippen MR) is 55.6 cm³/mol. The van der Waals surface area contributed by atoms with E-state index in [1.807, 2.05) is 0 Å². The van der Waals surface area contributed by atoms with E-state index in [0.29, 0.717) is 6.42 Å². The minimum absolute atomic E-state index is 0.442. The van der Waals surface area contributed by atoms with Gasteiger partial charge >= 0.3 is 0 Å². The highest BCUT2D eigenvalue weighted by atomic mass is 16.4. The van der Waals surface area contributed by atoms with E-state index in [-0.39, 0.29) is 0 Å². The van der Waals surface area contributed by atoms with Crippen molar-refractivity contribution in [1.82, 2.24) is 0 Å². The zero-order valence-electron chi connectivity index (χ0n) is 9.45. The largest absolute Gasteiger partial charge is 0.394 e. The molecule has 0 aliphatic heterocycles. The molecular formula is C10H20O6. The van der Waals surface area contributed by atoms with Crippen molar-refractivity contribution in [1.29, 1.82) is 0 Å². The number of hydrogen-bond donors (Lipinski definition) is 5. The van der Waals surface area contributed by atoms with Gasteiger partial charge < -0.3 is 25.5 Å². The second-order valence-electron chi connectivity index (χ2n) is 3.89. The topological polar surface area (TPSA) is 118 Å². The molecule has 0 heterocycles. The molecule has 0 rings (SSSR count). The molecule has 0 aliphatic rings. The van der Waals surface area contributed by atoms with Crippen molar-refractivity contribution in [3.05, 3.63) is 0 Å². The van der Waals surface area contributed by atoms with E-state index < -0.39 is 42.7 Å². The molecule has 0 bridgehead atoms. The fourth-order valence-electron chi connectivity index (χ4n) is 1.18. The van der Waals surface area contributed by atoms with Gasteiger partial charge in [0, 0.05) is 5.92 Å². The van der Waals surface area contributed by atoms with Crippen LogP contribution in [0.3, 0.4) is 0 Å². The average molecular weight is 236 g/mol. The minimum Gasteiger partial charge on any atom is -0.394 e. The number of Topliss-reactive ketones (excluding diaryl/α,β-unsaturated/α-hetero) is 1. The lowest BCUT2D eigenvalue weighted by atomic mass is 9.93. The molecule has 5 atom stereocenters. The van der Waals surface area contributed by atoms with Crippen molar-refractivity contribution >= 4 is 5.78 Å². The third-order valence-corrected chi connectivity index (χ3v) is 2.64. The van der Waals surface area contributed by atoms with Gasteiger partial charge in [0.25, 0.3) is 0 Å². The maximum absolute atomic E-state index is 11.5. The fourth-order valence-corrected chi connectivity index (χ4v) is 1.18. The third kappa shape index (κ3) is 3.80. The molecule has 5 N–H and O–H groups in total. The summed E-state index contributed by atoms with van der Waals surface area (Å²) in [5.74, 6) is -1.04. The van der Waals surface area contributed by atoms with Gasteiger partial charge in [0.1, 0.15) is 24.4 Å². The van der Waals surface area contributed by atoms with Gasteiger partial charge in [0.05, 0.1) is 6.61 Å². The van der Waals surface area contributed by atoms with Crippen LogP contribution in [0.4, 0.5) is 0 Å². The van der Waals surface area contributed by atoms with Crippen molar-refractivity contribution in [3.63, 3.8) is 0 Å². The van der Waals surface area contributed by atoms with Gasteiger partial charge in [-0.1, -0.05) is 13.8 Å². The monoisotopic (exact) mass is 236 g/mol. The summed E-state index contributed by atoms with van der Waals surface area (Å²) in [5, 5.41) is 45.7. The third-order valence-electron chi connectivity index (χ3n) is 2.64. The number of hydrogen-bond acceptors (Lipinski definition) is 6. The van der Waals surface area contributed by atoms with Crippen molar-refractivity contribution in [2.75, 3.05) is 6.61 Å². The average Bonchev–Trinajstić information content (AvgIpc) is 2.32. The van der Waals surface area contributed by atoms with Gasteiger partial charge in [-0.05, 0) is 6.42 Å². The molecule has 1 unspecified atom stereocenters. The van der Waals surface area contributed by atoms with Gasteiger partial charge in [-0.15, -0.1) is 0 Å². The summed E-state index contributed by atoms with van der Waals surface area (Å²) in [5.41, 5.74) is 0. The molecule has 6 nitrogen and oxygen atoms in total. The lowest BCUT2D eigenvalue weighted by Gasteiger charge is -2.26. The lowest BCUT2D eigenvalue weighted by Crippen LogP contribution is -2.49. The van der Waals surface area contributed by atoms with Crippen LogP contribution >= 0.6 is 0 Å². The molecule has 0 radical (unpaired) electrons. The first-order chi connectivity index (χ1) is 7.36. The van der Waals surface area contributed by atoms with Crippen LogP contribution in [-0.2, 0) is 4.79 Å². The van der Waals surface area contributed by atoms with Crippen molar-refractivity contribution < 1.29 is 30.3 Å². The molecule has 16 heavy (non-hydrogen) atoms. The van der Waals surface area contributed by atoms with Crippen LogP contribution in [0, 0.1) is 5.92 Å². The molecular weight excluding hydrogens is 216 g/mol. The Morgan fingerprint density at radius 1 is 1.12 bits per heavy atom. The highest BCUT2D eigenvalue weighted by Crippen LogP contribution is 2.12. The van der Waals surface area contributed by atoms with Crippen LogP contribution in [0.2, 0.25) is 0 Å². The fraction of sp³-hybridized carbons (Fsp3) is 0.900. The Balaban J connectivity index is 4.48. The minimum atomic E-state index is -1.80. The number of rotatable bonds is 7. The zero-order valence-corrected chi connectivity index (χ0v) is 9.45. The molecule has 0 aromatic rings. The van der Waals surface area contributed by atoms with Crippen LogP contribution in [0.15, 0.2) is 0 Å². The quantitative estimate of drug-likeness (QED) is 0.350. The molecule has 0 saturated heterocycles. The van der Waals surface area contributed by atoms with Gasteiger partial charge in [-0.3, -0.25) is 4.79 Å². The van der Waals surface area contributed by atoms with Crippen molar-refractivity contribution in [2.45, 2.75) is 44.7 Å². The molecule has 96 valence electrons. The maximum Gasteiger partial charge on any atom is 0.166 e. The van der Waals surface area contributed by atoms with E-state index in [2.05, 4.69) is 0 Å². The number of carbonyl (C=O) groups is 1. The van der Waals surface area contributed by atoms with E-state index in [4.69, 9.17) is 10.2 Å². The number of ketones is 1. The van der Waals surface area contributed by atoms with E-state index in [9.17, 15) is 20.1 Å². The smallest absolute Gasteiger partial charge is 0.166 e. The van der Waals surface area contributed by atoms with E-state index in [0.717, 1.165) is 0 Å². The Hall–Kier alpha value is -0.530. The Labute approximate surface area is 94.2 Å². The second-order valence-corrected chi connectivity index (χ2v) is 3.89. The number of carbonyl (C=O) groups excluding carboxylic acids is 1. The molecule has 6 heteroatoms. The summed E-state index contributed by atoms with van der Waals surface area (Å²) in [4.78, 5) is 11.5. The first-order valence-electron chi connectivity index (χ1n) is 5.23. The van der Waals surface area contributed by atoms with Crippen molar-refractivity contribution in [2.24, 2.45) is 5.92 Å². The predicted octanol–water partition coefficient (Wildman–Crippen LogP) is -1.96. The van der Waals surface area contributed by atoms with Crippen LogP contribution in [0.5, 0.6) is 0 Å². The van der Waals surface area contributed by atoms with Gasteiger partial charge in [0.2, 0.25) is 0 Å². The maximum atomic E-state index is 11.5. The van der Waals surface area contributed by atoms with E-state index in [1.54, 1.807) is 13.8 Å². The Morgan fingerprint density at radius 2 is 1.62 bits per heavy atom. The summed E-state index contributed by atoms with van der Waals surface area (Å²) < 4.78 is 0. The summed E-state index contributed by atoms with van der Waals surface area (Å²) in [7, 11) is 0. The second kappa shape index (κ2) is 6.93. The highest BCUT2D eigenvalue weighted by molar-refractivity contribution is 5.85. The highest BCUT2D eigenvalue weighted by Gasteiger charge is 2.35. The van der Waals surface area contributed by atoms with Crippen LogP contribution in [-0.4, -0.2) is 62.3 Å². The Morgan fingerprint density at radius 3 is 2.00 bits per heavy atom. The van der Waals surface area contributed by atoms with Crippen LogP contribution < -0.4 is 0 Å². The number of aliphatic hydroxyl groups excluding tert-OH is 5. The molecule has 0 spiro atoms. The molecule has 0 aromatic heterocycles. The van der Waals surface area contributed by atoms with Crippen molar-refractivity contribution in [3.8, 4) is 0 Å². The molecule has 0 aliphatic carbocycles. The SMILES string of the molecule is CCC(C)C(=O)[C@@H](O)[C@@H](O)[C@@H](O)[C@@H](O)CO. The molecule has 0 amide bonds. The molecule has 0 saturated carbocycles. The Bertz CT molecular complexity index is 219. The first kappa shape index (κ1) is 15.5. The number of aliphatic hydroxyl groups is 5. The van der Waals surface area contributed by atoms with Gasteiger partial charge in [-0.2, -0.15) is 0 Å². The summed E-state index contributed by atoms with van der Waals surface area (Å²) in [6.07, 6.45) is -6.40. The Kier molecular flexibility index (Phi) is 6.70. The zero-order chi connectivity index (χ0) is 12.9. The standard InChI is InChI=1S/C10H20O6/c1-3-5(2)7(13)9(15)10(16)8(14)6(12)4-11/h5-6,8-12,14-16H,3-4H2,1-2H3/t5?,6-,8-,9+,10-/m0/s1. The van der Waals surface area contributed by atoms with E-state index in [1.165, 1.54) is 0 Å². The summed E-state index contributed by atoms with van der Waals surface area (Å²) >= 11 is 0. The molecule has 0 aromatic carbocycles. The van der Waals surface area contributed by atoms with Crippen LogP contribution in [0.1, 0.15) is 20.3 Å². The normalized spacial score (nSPS) is 20.9. The molecule has 0 fully saturated rings. The summed E-state index contributed by atoms with van der Waals surface area (Å²) in [6, 6.07) is 0. The summed E-state index contributed by atoms with van der Waals surface area (Å²) in [6.45, 7) is 2.58.